The fraction of sp³-hybridized carbons (Fsp3) is 0.100. The summed E-state index contributed by atoms with van der Waals surface area (Å²) in [7, 11) is 0. The van der Waals surface area contributed by atoms with E-state index in [1.54, 1.807) is 61.0 Å². The first kappa shape index (κ1) is 18.8. The minimum atomic E-state index is -0.402. The first-order chi connectivity index (χ1) is 13.1. The molecule has 2 aromatic carbocycles. The van der Waals surface area contributed by atoms with Crippen LogP contribution in [0.25, 0.3) is 0 Å². The molecule has 27 heavy (non-hydrogen) atoms. The summed E-state index contributed by atoms with van der Waals surface area (Å²) in [5.74, 6) is 0.577. The standard InChI is InChI=1S/C20H16BrFN2O3/c21-15-5-8-19(18(22)10-15)23-11-14-3-6-16(7-4-14)27-13-20(25)24-12-17-2-1-9-26-17/h1-11H,12-13H2,(H,24,25). The number of nitrogens with zero attached hydrogens (tertiary/aromatic N) is 1. The summed E-state index contributed by atoms with van der Waals surface area (Å²) in [5.41, 5.74) is 1.04. The molecular weight excluding hydrogens is 415 g/mol. The van der Waals surface area contributed by atoms with Gasteiger partial charge in [0, 0.05) is 10.7 Å². The van der Waals surface area contributed by atoms with E-state index in [4.69, 9.17) is 9.15 Å². The molecule has 0 unspecified atom stereocenters. The number of nitrogens with one attached hydrogen (secondary N) is 1. The molecule has 0 aliphatic carbocycles. The fourth-order valence-electron chi connectivity index (χ4n) is 2.18. The summed E-state index contributed by atoms with van der Waals surface area (Å²) in [5, 5.41) is 2.70. The minimum Gasteiger partial charge on any atom is -0.484 e. The van der Waals surface area contributed by atoms with E-state index in [0.29, 0.717) is 22.5 Å². The van der Waals surface area contributed by atoms with Crippen molar-refractivity contribution in [3.8, 4) is 5.75 Å². The maximum Gasteiger partial charge on any atom is 0.258 e. The van der Waals surface area contributed by atoms with Crippen LogP contribution in [-0.2, 0) is 11.3 Å². The Hall–Kier alpha value is -2.93. The largest absolute Gasteiger partial charge is 0.484 e. The van der Waals surface area contributed by atoms with Crippen molar-refractivity contribution in [2.75, 3.05) is 6.61 Å². The Morgan fingerprint density at radius 3 is 2.74 bits per heavy atom. The lowest BCUT2D eigenvalue weighted by atomic mass is 10.2. The molecule has 7 heteroatoms. The van der Waals surface area contributed by atoms with Crippen molar-refractivity contribution < 1.29 is 18.3 Å². The topological polar surface area (TPSA) is 63.8 Å². The first-order valence-electron chi connectivity index (χ1n) is 8.11. The number of furan rings is 1. The highest BCUT2D eigenvalue weighted by atomic mass is 79.9. The van der Waals surface area contributed by atoms with Crippen LogP contribution in [0.3, 0.4) is 0 Å². The average Bonchev–Trinajstić information content (AvgIpc) is 3.18. The monoisotopic (exact) mass is 430 g/mol. The van der Waals surface area contributed by atoms with Gasteiger partial charge in [-0.15, -0.1) is 0 Å². The number of rotatable bonds is 7. The molecule has 0 atom stereocenters. The number of hydrogen-bond acceptors (Lipinski definition) is 4. The summed E-state index contributed by atoms with van der Waals surface area (Å²) in [6.45, 7) is 0.218. The van der Waals surface area contributed by atoms with Gasteiger partial charge >= 0.3 is 0 Å². The molecule has 1 N–H and O–H groups in total. The number of aliphatic imine (C=N–C) groups is 1. The van der Waals surface area contributed by atoms with Crippen LogP contribution in [0.15, 0.2) is 74.7 Å². The van der Waals surface area contributed by atoms with Crippen molar-refractivity contribution in [1.82, 2.24) is 5.32 Å². The zero-order chi connectivity index (χ0) is 19.1. The molecule has 5 nitrogen and oxygen atoms in total. The van der Waals surface area contributed by atoms with Crippen molar-refractivity contribution in [3.05, 3.63) is 82.5 Å². The Kier molecular flexibility index (Phi) is 6.38. The molecule has 0 aliphatic heterocycles. The lowest BCUT2D eigenvalue weighted by Crippen LogP contribution is -2.28. The van der Waals surface area contributed by atoms with Gasteiger partial charge in [0.05, 0.1) is 18.5 Å². The van der Waals surface area contributed by atoms with Gasteiger partial charge in [0.15, 0.2) is 6.61 Å². The third-order valence-corrected chi connectivity index (χ3v) is 4.05. The molecule has 0 bridgehead atoms. The van der Waals surface area contributed by atoms with Gasteiger partial charge in [0.2, 0.25) is 0 Å². The van der Waals surface area contributed by atoms with E-state index in [2.05, 4.69) is 26.2 Å². The number of benzene rings is 2. The molecule has 0 saturated heterocycles. The van der Waals surface area contributed by atoms with Crippen molar-refractivity contribution >= 4 is 33.7 Å². The maximum absolute atomic E-state index is 13.7. The Bertz CT molecular complexity index is 925. The predicted octanol–water partition coefficient (Wildman–Crippen LogP) is 4.63. The molecule has 3 rings (SSSR count). The van der Waals surface area contributed by atoms with Crippen LogP contribution in [0.2, 0.25) is 0 Å². The van der Waals surface area contributed by atoms with Gasteiger partial charge in [-0.3, -0.25) is 9.79 Å². The normalized spacial score (nSPS) is 10.9. The first-order valence-corrected chi connectivity index (χ1v) is 8.90. The number of carbonyl (C=O) groups excluding carboxylic acids is 1. The molecule has 0 aliphatic rings. The molecule has 1 heterocycles. The summed E-state index contributed by atoms with van der Waals surface area (Å²) < 4.78 is 25.0. The van der Waals surface area contributed by atoms with Crippen molar-refractivity contribution in [1.29, 1.82) is 0 Å². The average molecular weight is 431 g/mol. The maximum atomic E-state index is 13.7. The predicted molar refractivity (Wildman–Crippen MR) is 104 cm³/mol. The second kappa shape index (κ2) is 9.14. The fourth-order valence-corrected chi connectivity index (χ4v) is 2.51. The van der Waals surface area contributed by atoms with Gasteiger partial charge < -0.3 is 14.5 Å². The van der Waals surface area contributed by atoms with Gasteiger partial charge in [0.1, 0.15) is 17.3 Å². The third-order valence-electron chi connectivity index (χ3n) is 3.55. The Balaban J connectivity index is 1.49. The highest BCUT2D eigenvalue weighted by Gasteiger charge is 2.04. The summed E-state index contributed by atoms with van der Waals surface area (Å²) in [6.07, 6.45) is 3.11. The number of halogens is 2. The zero-order valence-corrected chi connectivity index (χ0v) is 15.8. The van der Waals surface area contributed by atoms with E-state index < -0.39 is 5.82 Å². The second-order valence-corrected chi connectivity index (χ2v) is 6.48. The minimum absolute atomic E-state index is 0.0990. The Morgan fingerprint density at radius 1 is 1.22 bits per heavy atom. The Labute approximate surface area is 164 Å². The van der Waals surface area contributed by atoms with Crippen LogP contribution >= 0.6 is 15.9 Å². The van der Waals surface area contributed by atoms with Gasteiger partial charge in [0.25, 0.3) is 5.91 Å². The molecule has 1 amide bonds. The smallest absolute Gasteiger partial charge is 0.258 e. The molecule has 138 valence electrons. The van der Waals surface area contributed by atoms with Crippen molar-refractivity contribution in [3.63, 3.8) is 0 Å². The summed E-state index contributed by atoms with van der Waals surface area (Å²) >= 11 is 3.21. The van der Waals surface area contributed by atoms with Crippen LogP contribution in [0.1, 0.15) is 11.3 Å². The van der Waals surface area contributed by atoms with E-state index in [1.807, 2.05) is 0 Å². The highest BCUT2D eigenvalue weighted by Crippen LogP contribution is 2.22. The van der Waals surface area contributed by atoms with Gasteiger partial charge in [-0.2, -0.15) is 0 Å². The Morgan fingerprint density at radius 2 is 2.04 bits per heavy atom. The molecular formula is C20H16BrFN2O3. The van der Waals surface area contributed by atoms with Crippen LogP contribution in [0.4, 0.5) is 10.1 Å². The van der Waals surface area contributed by atoms with Gasteiger partial charge in [-0.05, 0) is 60.2 Å². The van der Waals surface area contributed by atoms with Crippen molar-refractivity contribution in [2.45, 2.75) is 6.54 Å². The van der Waals surface area contributed by atoms with E-state index in [9.17, 15) is 9.18 Å². The van der Waals surface area contributed by atoms with E-state index in [0.717, 1.165) is 5.56 Å². The summed E-state index contributed by atoms with van der Waals surface area (Å²) in [6, 6.07) is 15.2. The van der Waals surface area contributed by atoms with E-state index in [1.165, 1.54) is 6.07 Å². The number of amides is 1. The van der Waals surface area contributed by atoms with Gasteiger partial charge in [-0.25, -0.2) is 4.39 Å². The molecule has 0 fully saturated rings. The van der Waals surface area contributed by atoms with Crippen molar-refractivity contribution in [2.24, 2.45) is 4.99 Å². The molecule has 0 radical (unpaired) electrons. The second-order valence-electron chi connectivity index (χ2n) is 5.57. The van der Waals surface area contributed by atoms with Crippen LogP contribution in [0, 0.1) is 5.82 Å². The molecule has 0 saturated carbocycles. The van der Waals surface area contributed by atoms with Crippen LogP contribution in [0.5, 0.6) is 5.75 Å². The lowest BCUT2D eigenvalue weighted by Gasteiger charge is -2.06. The number of hydrogen-bond donors (Lipinski definition) is 1. The van der Waals surface area contributed by atoms with Crippen LogP contribution < -0.4 is 10.1 Å². The molecule has 0 spiro atoms. The molecule has 3 aromatic rings. The highest BCUT2D eigenvalue weighted by molar-refractivity contribution is 9.10. The van der Waals surface area contributed by atoms with Gasteiger partial charge in [-0.1, -0.05) is 15.9 Å². The van der Waals surface area contributed by atoms with E-state index >= 15 is 0 Å². The SMILES string of the molecule is O=C(COc1ccc(C=Nc2ccc(Br)cc2F)cc1)NCc1ccco1. The third kappa shape index (κ3) is 5.79. The van der Waals surface area contributed by atoms with E-state index in [-0.39, 0.29) is 18.2 Å². The molecule has 1 aromatic heterocycles. The summed E-state index contributed by atoms with van der Waals surface area (Å²) in [4.78, 5) is 15.9. The number of carbonyl (C=O) groups is 1. The number of ether oxygens (including phenoxy) is 1. The zero-order valence-electron chi connectivity index (χ0n) is 14.2. The lowest BCUT2D eigenvalue weighted by molar-refractivity contribution is -0.123. The van der Waals surface area contributed by atoms with Crippen LogP contribution in [-0.4, -0.2) is 18.7 Å². The quantitative estimate of drug-likeness (QED) is 0.555.